The third kappa shape index (κ3) is 7.27. The van der Waals surface area contributed by atoms with Gasteiger partial charge in [0.15, 0.2) is 0 Å². The highest BCUT2D eigenvalue weighted by Gasteiger charge is 2.19. The van der Waals surface area contributed by atoms with Crippen molar-refractivity contribution in [1.82, 2.24) is 0 Å². The molecule has 2 aromatic rings. The minimum absolute atomic E-state index is 0.0120. The van der Waals surface area contributed by atoms with E-state index in [1.807, 2.05) is 30.3 Å². The van der Waals surface area contributed by atoms with Crippen LogP contribution in [-0.2, 0) is 9.53 Å². The Morgan fingerprint density at radius 3 is 2.12 bits per heavy atom. The standard InChI is InChI=1S/C20H24O5/c1-20(2,3)25-19(22)13-15(21)14-23-16-9-11-18(12-10-16)24-17-7-5-4-6-8-17/h4-12,15,21H,13-14H2,1-3H3. The highest BCUT2D eigenvalue weighted by Crippen LogP contribution is 2.23. The molecule has 134 valence electrons. The van der Waals surface area contributed by atoms with Gasteiger partial charge in [0.25, 0.3) is 0 Å². The number of hydrogen-bond donors (Lipinski definition) is 1. The van der Waals surface area contributed by atoms with Crippen molar-refractivity contribution in [3.8, 4) is 17.2 Å². The van der Waals surface area contributed by atoms with E-state index in [-0.39, 0.29) is 13.0 Å². The molecule has 0 saturated heterocycles. The van der Waals surface area contributed by atoms with Gasteiger partial charge in [0, 0.05) is 0 Å². The van der Waals surface area contributed by atoms with Gasteiger partial charge >= 0.3 is 5.97 Å². The Labute approximate surface area is 148 Å². The average Bonchev–Trinajstić information content (AvgIpc) is 2.53. The van der Waals surface area contributed by atoms with Gasteiger partial charge in [-0.25, -0.2) is 0 Å². The molecule has 0 heterocycles. The number of para-hydroxylation sites is 1. The molecule has 5 heteroatoms. The number of carbonyl (C=O) groups is 1. The first-order chi connectivity index (χ1) is 11.8. The molecule has 25 heavy (non-hydrogen) atoms. The van der Waals surface area contributed by atoms with Crippen molar-refractivity contribution in [2.24, 2.45) is 0 Å². The fraction of sp³-hybridized carbons (Fsp3) is 0.350. The molecule has 0 aliphatic heterocycles. The average molecular weight is 344 g/mol. The van der Waals surface area contributed by atoms with Crippen LogP contribution in [0.25, 0.3) is 0 Å². The number of aliphatic hydroxyl groups is 1. The van der Waals surface area contributed by atoms with E-state index in [1.165, 1.54) is 0 Å². The summed E-state index contributed by atoms with van der Waals surface area (Å²) in [5.74, 6) is 1.58. The zero-order valence-corrected chi connectivity index (χ0v) is 14.8. The molecule has 0 aliphatic rings. The normalized spacial score (nSPS) is 12.3. The molecule has 0 radical (unpaired) electrons. The molecule has 0 spiro atoms. The van der Waals surface area contributed by atoms with Gasteiger partial charge < -0.3 is 19.3 Å². The van der Waals surface area contributed by atoms with Crippen LogP contribution in [0, 0.1) is 0 Å². The van der Waals surface area contributed by atoms with Crippen molar-refractivity contribution in [2.45, 2.75) is 38.9 Å². The van der Waals surface area contributed by atoms with E-state index in [0.717, 1.165) is 5.75 Å². The zero-order chi connectivity index (χ0) is 18.3. The number of carbonyl (C=O) groups excluding carboxylic acids is 1. The maximum atomic E-state index is 11.6. The molecule has 0 bridgehead atoms. The molecule has 5 nitrogen and oxygen atoms in total. The van der Waals surface area contributed by atoms with Crippen LogP contribution in [0.3, 0.4) is 0 Å². The summed E-state index contributed by atoms with van der Waals surface area (Å²) in [6, 6.07) is 16.5. The monoisotopic (exact) mass is 344 g/mol. The maximum absolute atomic E-state index is 11.6. The van der Waals surface area contributed by atoms with Crippen LogP contribution >= 0.6 is 0 Å². The molecular formula is C20H24O5. The second-order valence-corrected chi connectivity index (χ2v) is 6.64. The summed E-state index contributed by atoms with van der Waals surface area (Å²) < 4.78 is 16.3. The van der Waals surface area contributed by atoms with Crippen LogP contribution in [-0.4, -0.2) is 29.4 Å². The highest BCUT2D eigenvalue weighted by molar-refractivity contribution is 5.70. The van der Waals surface area contributed by atoms with Gasteiger partial charge in [-0.15, -0.1) is 0 Å². The first-order valence-electron chi connectivity index (χ1n) is 8.17. The largest absolute Gasteiger partial charge is 0.491 e. The van der Waals surface area contributed by atoms with Gasteiger partial charge in [-0.1, -0.05) is 18.2 Å². The van der Waals surface area contributed by atoms with E-state index in [9.17, 15) is 9.90 Å². The highest BCUT2D eigenvalue weighted by atomic mass is 16.6. The van der Waals surface area contributed by atoms with E-state index in [2.05, 4.69) is 0 Å². The maximum Gasteiger partial charge on any atom is 0.309 e. The predicted molar refractivity (Wildman–Crippen MR) is 94.9 cm³/mol. The van der Waals surface area contributed by atoms with Crippen LogP contribution in [0.5, 0.6) is 17.2 Å². The molecule has 0 saturated carbocycles. The van der Waals surface area contributed by atoms with Crippen molar-refractivity contribution >= 4 is 5.97 Å². The van der Waals surface area contributed by atoms with Gasteiger partial charge in [-0.3, -0.25) is 4.79 Å². The molecule has 1 N–H and O–H groups in total. The third-order valence-electron chi connectivity index (χ3n) is 3.07. The third-order valence-corrected chi connectivity index (χ3v) is 3.07. The van der Waals surface area contributed by atoms with Crippen molar-refractivity contribution < 1.29 is 24.1 Å². The summed E-state index contributed by atoms with van der Waals surface area (Å²) in [7, 11) is 0. The number of hydrogen-bond acceptors (Lipinski definition) is 5. The molecule has 0 aliphatic carbocycles. The number of esters is 1. The van der Waals surface area contributed by atoms with Crippen molar-refractivity contribution in [2.75, 3.05) is 6.61 Å². The van der Waals surface area contributed by atoms with Gasteiger partial charge in [-0.2, -0.15) is 0 Å². The lowest BCUT2D eigenvalue weighted by atomic mass is 10.2. The van der Waals surface area contributed by atoms with Crippen LogP contribution in [0.2, 0.25) is 0 Å². The molecule has 0 amide bonds. The molecular weight excluding hydrogens is 320 g/mol. The second kappa shape index (κ2) is 8.53. The minimum Gasteiger partial charge on any atom is -0.491 e. The number of benzene rings is 2. The lowest BCUT2D eigenvalue weighted by molar-refractivity contribution is -0.157. The first-order valence-corrected chi connectivity index (χ1v) is 8.17. The quantitative estimate of drug-likeness (QED) is 0.771. The summed E-state index contributed by atoms with van der Waals surface area (Å²) in [6.07, 6.45) is -1.03. The summed E-state index contributed by atoms with van der Waals surface area (Å²) in [5.41, 5.74) is -0.563. The zero-order valence-electron chi connectivity index (χ0n) is 14.8. The smallest absolute Gasteiger partial charge is 0.309 e. The van der Waals surface area contributed by atoms with Crippen molar-refractivity contribution in [3.05, 3.63) is 54.6 Å². The van der Waals surface area contributed by atoms with E-state index in [4.69, 9.17) is 14.2 Å². The Morgan fingerprint density at radius 1 is 0.960 bits per heavy atom. The molecule has 2 aromatic carbocycles. The van der Waals surface area contributed by atoms with Crippen LogP contribution in [0.15, 0.2) is 54.6 Å². The minimum atomic E-state index is -0.921. The van der Waals surface area contributed by atoms with E-state index in [0.29, 0.717) is 11.5 Å². The van der Waals surface area contributed by atoms with Crippen LogP contribution in [0.4, 0.5) is 0 Å². The lowest BCUT2D eigenvalue weighted by Crippen LogP contribution is -2.28. The Hall–Kier alpha value is -2.53. The summed E-state index contributed by atoms with van der Waals surface area (Å²) >= 11 is 0. The molecule has 0 aromatic heterocycles. The summed E-state index contributed by atoms with van der Waals surface area (Å²) in [4.78, 5) is 11.6. The van der Waals surface area contributed by atoms with E-state index >= 15 is 0 Å². The number of rotatable bonds is 7. The molecule has 1 unspecified atom stereocenters. The first kappa shape index (κ1) is 18.8. The second-order valence-electron chi connectivity index (χ2n) is 6.64. The Morgan fingerprint density at radius 2 is 1.52 bits per heavy atom. The van der Waals surface area contributed by atoms with Crippen LogP contribution < -0.4 is 9.47 Å². The predicted octanol–water partition coefficient (Wildman–Crippen LogP) is 3.95. The van der Waals surface area contributed by atoms with E-state index < -0.39 is 17.7 Å². The fourth-order valence-corrected chi connectivity index (χ4v) is 2.06. The molecule has 0 fully saturated rings. The van der Waals surface area contributed by atoms with Crippen LogP contribution in [0.1, 0.15) is 27.2 Å². The Balaban J connectivity index is 1.78. The van der Waals surface area contributed by atoms with Crippen molar-refractivity contribution in [1.29, 1.82) is 0 Å². The Kier molecular flexibility index (Phi) is 6.42. The topological polar surface area (TPSA) is 65.0 Å². The molecule has 1 atom stereocenters. The molecule has 2 rings (SSSR count). The van der Waals surface area contributed by atoms with Gasteiger partial charge in [0.1, 0.15) is 29.5 Å². The fourth-order valence-electron chi connectivity index (χ4n) is 2.06. The number of aliphatic hydroxyl groups excluding tert-OH is 1. The van der Waals surface area contributed by atoms with Gasteiger partial charge in [-0.05, 0) is 57.2 Å². The summed E-state index contributed by atoms with van der Waals surface area (Å²) in [6.45, 7) is 5.37. The summed E-state index contributed by atoms with van der Waals surface area (Å²) in [5, 5.41) is 9.88. The van der Waals surface area contributed by atoms with Gasteiger partial charge in [0.05, 0.1) is 12.5 Å². The Bertz CT molecular complexity index is 659. The lowest BCUT2D eigenvalue weighted by Gasteiger charge is -2.20. The van der Waals surface area contributed by atoms with Gasteiger partial charge in [0.2, 0.25) is 0 Å². The SMILES string of the molecule is CC(C)(C)OC(=O)CC(O)COc1ccc(Oc2ccccc2)cc1. The number of ether oxygens (including phenoxy) is 3. The van der Waals surface area contributed by atoms with Crippen molar-refractivity contribution in [3.63, 3.8) is 0 Å². The van der Waals surface area contributed by atoms with E-state index in [1.54, 1.807) is 45.0 Å².